The summed E-state index contributed by atoms with van der Waals surface area (Å²) < 4.78 is 61.8. The van der Waals surface area contributed by atoms with Crippen LogP contribution in [0.1, 0.15) is 23.4 Å². The van der Waals surface area contributed by atoms with E-state index in [0.29, 0.717) is 6.07 Å². The number of rotatable bonds is 2. The first-order valence-corrected chi connectivity index (χ1v) is 5.49. The zero-order chi connectivity index (χ0) is 12.5. The monoisotopic (exact) mass is 371 g/mol. The quantitative estimate of drug-likeness (QED) is 0.427. The van der Waals surface area contributed by atoms with E-state index in [1.807, 2.05) is 0 Å². The van der Waals surface area contributed by atoms with Crippen LogP contribution < -0.4 is 0 Å². The summed E-state index contributed by atoms with van der Waals surface area (Å²) in [6.07, 6.45) is -7.56. The Morgan fingerprint density at radius 2 is 1.94 bits per heavy atom. The first-order valence-electron chi connectivity index (χ1n) is 3.88. The fourth-order valence-electron chi connectivity index (χ4n) is 1.05. The zero-order valence-corrected chi connectivity index (χ0v) is 10.4. The van der Waals surface area contributed by atoms with Gasteiger partial charge in [-0.25, -0.2) is 13.8 Å². The van der Waals surface area contributed by atoms with E-state index in [4.69, 9.17) is 11.6 Å². The lowest BCUT2D eigenvalue weighted by Gasteiger charge is -2.12. The van der Waals surface area contributed by atoms with Gasteiger partial charge >= 0.3 is 6.18 Å². The van der Waals surface area contributed by atoms with Crippen LogP contribution in [-0.2, 0) is 12.1 Å². The molecular formula is C8H4ClF5IN. The predicted octanol–water partition coefficient (Wildman–Crippen LogP) is 4.38. The van der Waals surface area contributed by atoms with E-state index in [-0.39, 0.29) is 3.57 Å². The molecule has 0 aliphatic rings. The summed E-state index contributed by atoms with van der Waals surface area (Å²) in [5.74, 6) is -0.487. The second kappa shape index (κ2) is 4.99. The smallest absolute Gasteiger partial charge is 0.246 e. The Hall–Kier alpha value is -0.180. The highest BCUT2D eigenvalue weighted by Gasteiger charge is 2.34. The number of halogens is 7. The van der Waals surface area contributed by atoms with Crippen LogP contribution in [0.3, 0.4) is 0 Å². The highest BCUT2D eigenvalue weighted by molar-refractivity contribution is 14.1. The van der Waals surface area contributed by atoms with Gasteiger partial charge in [0, 0.05) is 3.57 Å². The summed E-state index contributed by atoms with van der Waals surface area (Å²) in [7, 11) is 0. The Kier molecular flexibility index (Phi) is 4.33. The van der Waals surface area contributed by atoms with Gasteiger partial charge in [0.1, 0.15) is 5.69 Å². The molecule has 0 aliphatic heterocycles. The van der Waals surface area contributed by atoms with E-state index in [9.17, 15) is 22.0 Å². The van der Waals surface area contributed by atoms with Gasteiger partial charge < -0.3 is 0 Å². The van der Waals surface area contributed by atoms with Crippen molar-refractivity contribution in [2.45, 2.75) is 18.5 Å². The molecule has 1 aromatic rings. The van der Waals surface area contributed by atoms with Gasteiger partial charge in [0.05, 0.1) is 17.1 Å². The van der Waals surface area contributed by atoms with Gasteiger partial charge in [-0.1, -0.05) is 0 Å². The summed E-state index contributed by atoms with van der Waals surface area (Å²) in [6, 6.07) is 0.581. The number of pyridine rings is 1. The lowest BCUT2D eigenvalue weighted by atomic mass is 10.2. The molecule has 1 heterocycles. The van der Waals surface area contributed by atoms with Gasteiger partial charge in [0.15, 0.2) is 0 Å². The fourth-order valence-corrected chi connectivity index (χ4v) is 2.10. The molecule has 0 aromatic carbocycles. The Labute approximate surface area is 106 Å². The van der Waals surface area contributed by atoms with Crippen molar-refractivity contribution < 1.29 is 22.0 Å². The van der Waals surface area contributed by atoms with Gasteiger partial charge in [0.25, 0.3) is 6.43 Å². The summed E-state index contributed by atoms with van der Waals surface area (Å²) in [4.78, 5) is 3.10. The van der Waals surface area contributed by atoms with Crippen molar-refractivity contribution in [2.75, 3.05) is 0 Å². The third-order valence-electron chi connectivity index (χ3n) is 1.72. The van der Waals surface area contributed by atoms with Crippen LogP contribution in [0.4, 0.5) is 22.0 Å². The van der Waals surface area contributed by atoms with Crippen LogP contribution in [0.2, 0.25) is 0 Å². The lowest BCUT2D eigenvalue weighted by Crippen LogP contribution is -2.12. The Morgan fingerprint density at radius 1 is 1.38 bits per heavy atom. The van der Waals surface area contributed by atoms with Crippen LogP contribution in [0, 0.1) is 3.57 Å². The molecule has 90 valence electrons. The minimum Gasteiger partial charge on any atom is -0.246 e. The molecule has 1 nitrogen and oxygen atoms in total. The fraction of sp³-hybridized carbons (Fsp3) is 0.375. The van der Waals surface area contributed by atoms with Crippen molar-refractivity contribution in [1.29, 1.82) is 0 Å². The van der Waals surface area contributed by atoms with Crippen LogP contribution >= 0.6 is 34.2 Å². The molecule has 0 radical (unpaired) electrons. The molecule has 8 heteroatoms. The van der Waals surface area contributed by atoms with Gasteiger partial charge in [-0.05, 0) is 28.7 Å². The Balaban J connectivity index is 3.38. The molecule has 1 rings (SSSR count). The molecule has 0 N–H and O–H groups in total. The van der Waals surface area contributed by atoms with E-state index >= 15 is 0 Å². The third-order valence-corrected chi connectivity index (χ3v) is 2.87. The van der Waals surface area contributed by atoms with Crippen LogP contribution in [0.25, 0.3) is 0 Å². The summed E-state index contributed by atoms with van der Waals surface area (Å²) >= 11 is 6.72. The van der Waals surface area contributed by atoms with E-state index in [0.717, 1.165) is 0 Å². The van der Waals surface area contributed by atoms with E-state index in [1.54, 1.807) is 0 Å². The van der Waals surface area contributed by atoms with Crippen molar-refractivity contribution in [3.63, 3.8) is 0 Å². The largest absolute Gasteiger partial charge is 0.433 e. The van der Waals surface area contributed by atoms with Crippen molar-refractivity contribution in [2.24, 2.45) is 0 Å². The molecule has 0 bridgehead atoms. The summed E-state index contributed by atoms with van der Waals surface area (Å²) in [5.41, 5.74) is -2.18. The topological polar surface area (TPSA) is 12.9 Å². The standard InChI is InChI=1S/C8H4ClF5IN/c9-2-4-6(7(10)11)3(15)1-5(16-4)8(12,13)14/h1,7H,2H2. The molecule has 0 atom stereocenters. The van der Waals surface area contributed by atoms with Gasteiger partial charge in [-0.2, -0.15) is 13.2 Å². The maximum atomic E-state index is 12.5. The highest BCUT2D eigenvalue weighted by Crippen LogP contribution is 2.34. The van der Waals surface area contributed by atoms with Crippen molar-refractivity contribution >= 4 is 34.2 Å². The average Bonchev–Trinajstić information content (AvgIpc) is 2.14. The van der Waals surface area contributed by atoms with Crippen LogP contribution in [-0.4, -0.2) is 4.98 Å². The molecule has 0 fully saturated rings. The summed E-state index contributed by atoms with van der Waals surface area (Å²) in [5, 5.41) is 0. The van der Waals surface area contributed by atoms with Crippen LogP contribution in [0.15, 0.2) is 6.07 Å². The lowest BCUT2D eigenvalue weighted by molar-refractivity contribution is -0.141. The predicted molar refractivity (Wildman–Crippen MR) is 56.5 cm³/mol. The van der Waals surface area contributed by atoms with Gasteiger partial charge in [-0.15, -0.1) is 11.6 Å². The first-order chi connectivity index (χ1) is 7.27. The summed E-state index contributed by atoms with van der Waals surface area (Å²) in [6.45, 7) is 0. The molecule has 16 heavy (non-hydrogen) atoms. The van der Waals surface area contributed by atoms with Gasteiger partial charge in [-0.3, -0.25) is 0 Å². The number of hydrogen-bond donors (Lipinski definition) is 0. The number of alkyl halides is 6. The molecule has 0 amide bonds. The normalized spacial score (nSPS) is 12.2. The maximum Gasteiger partial charge on any atom is 0.433 e. The average molecular weight is 371 g/mol. The second-order valence-corrected chi connectivity index (χ2v) is 4.21. The van der Waals surface area contributed by atoms with Crippen LogP contribution in [0.5, 0.6) is 0 Å². The van der Waals surface area contributed by atoms with Gasteiger partial charge in [0.2, 0.25) is 0 Å². The molecule has 0 saturated heterocycles. The third kappa shape index (κ3) is 2.93. The SMILES string of the molecule is FC(F)c1c(I)cc(C(F)(F)F)nc1CCl. The first kappa shape index (κ1) is 13.9. The second-order valence-electron chi connectivity index (χ2n) is 2.78. The highest BCUT2D eigenvalue weighted by atomic mass is 127. The molecule has 0 aliphatic carbocycles. The van der Waals surface area contributed by atoms with E-state index in [1.165, 1.54) is 22.6 Å². The number of aromatic nitrogens is 1. The number of hydrogen-bond acceptors (Lipinski definition) is 1. The van der Waals surface area contributed by atoms with E-state index in [2.05, 4.69) is 4.98 Å². The minimum absolute atomic E-state index is 0.189. The van der Waals surface area contributed by atoms with E-state index < -0.39 is 35.4 Å². The molecule has 0 saturated carbocycles. The minimum atomic E-state index is -4.67. The zero-order valence-electron chi connectivity index (χ0n) is 7.45. The Morgan fingerprint density at radius 3 is 2.31 bits per heavy atom. The maximum absolute atomic E-state index is 12.5. The molecular weight excluding hydrogens is 367 g/mol. The molecule has 0 spiro atoms. The van der Waals surface area contributed by atoms with Crippen molar-refractivity contribution in [3.8, 4) is 0 Å². The number of nitrogens with zero attached hydrogens (tertiary/aromatic N) is 1. The molecule has 0 unspecified atom stereocenters. The van der Waals surface area contributed by atoms with Crippen molar-refractivity contribution in [3.05, 3.63) is 26.6 Å². The van der Waals surface area contributed by atoms with Crippen molar-refractivity contribution in [1.82, 2.24) is 4.98 Å². The molecule has 1 aromatic heterocycles. The Bertz CT molecular complexity index is 393.